The molecule has 9 nitrogen and oxygen atoms in total. The summed E-state index contributed by atoms with van der Waals surface area (Å²) in [6.45, 7) is 3.84. The number of amides is 1. The van der Waals surface area contributed by atoms with Crippen LogP contribution in [0.2, 0.25) is 0 Å². The number of aromatic nitrogens is 1. The van der Waals surface area contributed by atoms with Crippen LogP contribution in [-0.2, 0) is 19.6 Å². The lowest BCUT2D eigenvalue weighted by Gasteiger charge is -2.33. The maximum absolute atomic E-state index is 13.9. The van der Waals surface area contributed by atoms with E-state index in [4.69, 9.17) is 4.74 Å². The molecule has 1 aromatic heterocycles. The molecule has 0 spiro atoms. The molecule has 0 saturated carbocycles. The van der Waals surface area contributed by atoms with Gasteiger partial charge in [-0.3, -0.25) is 4.79 Å². The van der Waals surface area contributed by atoms with Crippen molar-refractivity contribution >= 4 is 38.4 Å². The Morgan fingerprint density at radius 2 is 1.97 bits per heavy atom. The van der Waals surface area contributed by atoms with Crippen LogP contribution in [-0.4, -0.2) is 73.8 Å². The number of nitrogens with zero attached hydrogens (tertiary/aromatic N) is 3. The second kappa shape index (κ2) is 9.98. The predicted octanol–water partition coefficient (Wildman–Crippen LogP) is 1.57. The van der Waals surface area contributed by atoms with Gasteiger partial charge in [-0.2, -0.15) is 4.31 Å². The summed E-state index contributed by atoms with van der Waals surface area (Å²) in [6.07, 6.45) is 1.65. The number of piperazine rings is 1. The van der Waals surface area contributed by atoms with E-state index in [1.54, 1.807) is 6.08 Å². The van der Waals surface area contributed by atoms with Crippen LogP contribution < -0.4 is 5.32 Å². The molecular weight excluding hydrogens is 447 g/mol. The summed E-state index contributed by atoms with van der Waals surface area (Å²) in [4.78, 5) is 29.5. The average molecular weight is 469 g/mol. The topological polar surface area (TPSA) is 109 Å². The smallest absolute Gasteiger partial charge is 0.358 e. The number of thiazole rings is 1. The number of benzene rings is 1. The molecule has 0 radical (unpaired) electrons. The van der Waals surface area contributed by atoms with Gasteiger partial charge in [0.25, 0.3) is 5.91 Å². The third-order valence-electron chi connectivity index (χ3n) is 4.48. The van der Waals surface area contributed by atoms with Gasteiger partial charge in [-0.1, -0.05) is 18.2 Å². The fourth-order valence-corrected chi connectivity index (χ4v) is 5.05. The molecule has 1 aliphatic rings. The molecule has 0 atom stereocenters. The number of anilines is 1. The van der Waals surface area contributed by atoms with Crippen LogP contribution in [0.4, 0.5) is 9.52 Å². The second-order valence-corrected chi connectivity index (χ2v) is 9.26. The highest BCUT2D eigenvalue weighted by Crippen LogP contribution is 2.20. The molecule has 12 heteroatoms. The first-order valence-electron chi connectivity index (χ1n) is 9.33. The van der Waals surface area contributed by atoms with Gasteiger partial charge in [0.05, 0.1) is 0 Å². The predicted molar refractivity (Wildman–Crippen MR) is 113 cm³/mol. The molecule has 0 aliphatic carbocycles. The molecule has 1 N–H and O–H groups in total. The van der Waals surface area contributed by atoms with Crippen molar-refractivity contribution in [3.63, 3.8) is 0 Å². The Morgan fingerprint density at radius 1 is 1.26 bits per heavy atom. The van der Waals surface area contributed by atoms with Crippen LogP contribution in [0.25, 0.3) is 0 Å². The van der Waals surface area contributed by atoms with Gasteiger partial charge in [0.2, 0.25) is 10.0 Å². The number of halogens is 1. The third-order valence-corrected chi connectivity index (χ3v) is 7.22. The summed E-state index contributed by atoms with van der Waals surface area (Å²) in [5.41, 5.74) is 0.0881. The zero-order chi connectivity index (χ0) is 22.4. The van der Waals surface area contributed by atoms with Crippen LogP contribution in [0.15, 0.2) is 47.2 Å². The number of sulfonamides is 1. The maximum atomic E-state index is 13.9. The molecule has 0 bridgehead atoms. The molecule has 1 amide bonds. The average Bonchev–Trinajstić information content (AvgIpc) is 3.25. The van der Waals surface area contributed by atoms with Crippen LogP contribution in [0.3, 0.4) is 0 Å². The molecule has 1 fully saturated rings. The third kappa shape index (κ3) is 5.46. The van der Waals surface area contributed by atoms with E-state index >= 15 is 0 Å². The van der Waals surface area contributed by atoms with E-state index < -0.39 is 39.2 Å². The van der Waals surface area contributed by atoms with Crippen LogP contribution in [0.1, 0.15) is 10.5 Å². The van der Waals surface area contributed by atoms with Gasteiger partial charge in [-0.15, -0.1) is 17.9 Å². The van der Waals surface area contributed by atoms with Gasteiger partial charge in [0.1, 0.15) is 10.7 Å². The molecule has 2 heterocycles. The summed E-state index contributed by atoms with van der Waals surface area (Å²) in [6, 6.07) is 5.15. The van der Waals surface area contributed by atoms with Crippen molar-refractivity contribution in [1.29, 1.82) is 0 Å². The van der Waals surface area contributed by atoms with Gasteiger partial charge in [0, 0.05) is 38.1 Å². The number of carbonyl (C=O) groups is 2. The molecule has 31 heavy (non-hydrogen) atoms. The van der Waals surface area contributed by atoms with Gasteiger partial charge < -0.3 is 15.0 Å². The zero-order valence-corrected chi connectivity index (χ0v) is 18.1. The van der Waals surface area contributed by atoms with Crippen LogP contribution in [0, 0.1) is 5.82 Å². The molecule has 1 saturated heterocycles. The highest BCUT2D eigenvalue weighted by Gasteiger charge is 2.32. The van der Waals surface area contributed by atoms with E-state index in [1.165, 1.54) is 39.8 Å². The minimum atomic E-state index is -3.99. The minimum Gasteiger partial charge on any atom is -0.451 e. The first-order valence-corrected chi connectivity index (χ1v) is 11.6. The van der Waals surface area contributed by atoms with Crippen LogP contribution in [0.5, 0.6) is 0 Å². The van der Waals surface area contributed by atoms with Crippen LogP contribution >= 0.6 is 11.3 Å². The number of esters is 1. The minimum absolute atomic E-state index is 0.0147. The molecule has 3 rings (SSSR count). The Bertz CT molecular complexity index is 1060. The number of carbonyl (C=O) groups excluding carboxylic acids is 2. The quantitative estimate of drug-likeness (QED) is 0.463. The lowest BCUT2D eigenvalue weighted by atomic mass is 10.3. The zero-order valence-electron chi connectivity index (χ0n) is 16.5. The normalized spacial score (nSPS) is 14.8. The molecule has 166 valence electrons. The molecule has 1 aliphatic heterocycles. The fraction of sp³-hybridized carbons (Fsp3) is 0.316. The Balaban J connectivity index is 1.50. The van der Waals surface area contributed by atoms with Gasteiger partial charge >= 0.3 is 5.97 Å². The van der Waals surface area contributed by atoms with Gasteiger partial charge in [-0.25, -0.2) is 22.6 Å². The second-order valence-electron chi connectivity index (χ2n) is 6.50. The lowest BCUT2D eigenvalue weighted by Crippen LogP contribution is -2.51. The summed E-state index contributed by atoms with van der Waals surface area (Å²) in [5.74, 6) is -1.99. The van der Waals surface area contributed by atoms with Crippen molar-refractivity contribution in [3.8, 4) is 0 Å². The Labute approximate surface area is 183 Å². The summed E-state index contributed by atoms with van der Waals surface area (Å²) in [7, 11) is -3.99. The van der Waals surface area contributed by atoms with E-state index in [0.717, 1.165) is 10.4 Å². The van der Waals surface area contributed by atoms with E-state index in [9.17, 15) is 22.4 Å². The fourth-order valence-electron chi connectivity index (χ4n) is 2.87. The van der Waals surface area contributed by atoms with Crippen molar-refractivity contribution in [2.75, 3.05) is 44.6 Å². The molecule has 0 unspecified atom stereocenters. The van der Waals surface area contributed by atoms with E-state index in [2.05, 4.69) is 16.9 Å². The highest BCUT2D eigenvalue weighted by atomic mass is 32.2. The summed E-state index contributed by atoms with van der Waals surface area (Å²) < 4.78 is 45.3. The SMILES string of the molecule is C=CCNc1nc(C(=O)OCC(=O)N2CCN(S(=O)(=O)c3ccccc3F)CC2)cs1. The largest absolute Gasteiger partial charge is 0.451 e. The number of rotatable bonds is 8. The van der Waals surface area contributed by atoms with Crippen molar-refractivity contribution in [3.05, 3.63) is 53.8 Å². The number of ether oxygens (including phenoxy) is 1. The Hall–Kier alpha value is -2.83. The number of hydrogen-bond acceptors (Lipinski definition) is 8. The first-order chi connectivity index (χ1) is 14.8. The Kier molecular flexibility index (Phi) is 7.36. The standard InChI is InChI=1S/C19H21FN4O5S2/c1-2-7-21-19-22-15(13-30-19)18(26)29-12-17(25)23-8-10-24(11-9-23)31(27,28)16-6-4-3-5-14(16)20/h2-6,13H,1,7-12H2,(H,21,22). The first kappa shape index (κ1) is 22.8. The number of hydrogen-bond donors (Lipinski definition) is 1. The summed E-state index contributed by atoms with van der Waals surface area (Å²) >= 11 is 1.23. The molecule has 2 aromatic rings. The maximum Gasteiger partial charge on any atom is 0.358 e. The van der Waals surface area contributed by atoms with Crippen molar-refractivity contribution in [1.82, 2.24) is 14.2 Å². The highest BCUT2D eigenvalue weighted by molar-refractivity contribution is 7.89. The van der Waals surface area contributed by atoms with Gasteiger partial charge in [-0.05, 0) is 12.1 Å². The lowest BCUT2D eigenvalue weighted by molar-refractivity contribution is -0.135. The van der Waals surface area contributed by atoms with E-state index in [0.29, 0.717) is 11.7 Å². The summed E-state index contributed by atoms with van der Waals surface area (Å²) in [5, 5.41) is 5.00. The molecular formula is C19H21FN4O5S2. The number of nitrogens with one attached hydrogen (secondary N) is 1. The van der Waals surface area contributed by atoms with Crippen molar-refractivity contribution in [2.45, 2.75) is 4.90 Å². The van der Waals surface area contributed by atoms with E-state index in [-0.39, 0.29) is 31.9 Å². The van der Waals surface area contributed by atoms with Gasteiger partial charge in [0.15, 0.2) is 17.4 Å². The van der Waals surface area contributed by atoms with Crippen molar-refractivity contribution in [2.24, 2.45) is 0 Å². The molecule has 1 aromatic carbocycles. The Morgan fingerprint density at radius 3 is 2.65 bits per heavy atom. The monoisotopic (exact) mass is 468 g/mol. The van der Waals surface area contributed by atoms with Crippen molar-refractivity contribution < 1.29 is 27.1 Å². The van der Waals surface area contributed by atoms with E-state index in [1.807, 2.05) is 0 Å².